The van der Waals surface area contributed by atoms with Gasteiger partial charge in [0.2, 0.25) is 0 Å². The summed E-state index contributed by atoms with van der Waals surface area (Å²) < 4.78 is 1.01. The summed E-state index contributed by atoms with van der Waals surface area (Å²) in [4.78, 5) is 24.5. The minimum Gasteiger partial charge on any atom is -0.481 e. The number of carboxylic acids is 1. The van der Waals surface area contributed by atoms with E-state index < -0.39 is 11.4 Å². The Kier molecular flexibility index (Phi) is 6.54. The van der Waals surface area contributed by atoms with Crippen LogP contribution < -0.4 is 0 Å². The van der Waals surface area contributed by atoms with Crippen molar-refractivity contribution in [2.45, 2.75) is 31.6 Å². The second-order valence-corrected chi connectivity index (χ2v) is 7.14. The Bertz CT molecular complexity index is 712. The van der Waals surface area contributed by atoms with Gasteiger partial charge in [0.05, 0.1) is 5.41 Å². The summed E-state index contributed by atoms with van der Waals surface area (Å²) in [5, 5.41) is 9.75. The standard InChI is InChI=1S/C20H21IO3/c1-20(19(23)24,12-5-6-13-21)17-11-7-10-16(14-17)18(22)15-8-3-2-4-9-15/h2-4,7-11,14H,5-6,12-13H2,1H3,(H,23,24). The lowest BCUT2D eigenvalue weighted by Gasteiger charge is -2.25. The molecule has 0 saturated carbocycles. The topological polar surface area (TPSA) is 54.4 Å². The Morgan fingerprint density at radius 2 is 1.67 bits per heavy atom. The normalized spacial score (nSPS) is 13.2. The monoisotopic (exact) mass is 436 g/mol. The molecular formula is C20H21IO3. The lowest BCUT2D eigenvalue weighted by Crippen LogP contribution is -2.32. The first kappa shape index (κ1) is 18.6. The Hall–Kier alpha value is -1.69. The predicted molar refractivity (Wildman–Crippen MR) is 104 cm³/mol. The molecule has 1 atom stereocenters. The first-order valence-corrected chi connectivity index (χ1v) is 9.51. The van der Waals surface area contributed by atoms with Crippen LogP contribution in [0, 0.1) is 0 Å². The van der Waals surface area contributed by atoms with Gasteiger partial charge in [-0.15, -0.1) is 0 Å². The van der Waals surface area contributed by atoms with Gasteiger partial charge in [-0.05, 0) is 35.8 Å². The molecule has 0 heterocycles. The highest BCUT2D eigenvalue weighted by Gasteiger charge is 2.34. The van der Waals surface area contributed by atoms with Gasteiger partial charge in [0.25, 0.3) is 0 Å². The van der Waals surface area contributed by atoms with Crippen LogP contribution in [0.2, 0.25) is 0 Å². The van der Waals surface area contributed by atoms with Crippen LogP contribution in [0.1, 0.15) is 47.7 Å². The van der Waals surface area contributed by atoms with Crippen LogP contribution in [0.25, 0.3) is 0 Å². The summed E-state index contributed by atoms with van der Waals surface area (Å²) in [5.41, 5.74) is 0.848. The van der Waals surface area contributed by atoms with E-state index in [2.05, 4.69) is 22.6 Å². The smallest absolute Gasteiger partial charge is 0.313 e. The number of halogens is 1. The van der Waals surface area contributed by atoms with Crippen LogP contribution in [-0.4, -0.2) is 21.3 Å². The number of carbonyl (C=O) groups excluding carboxylic acids is 1. The second-order valence-electron chi connectivity index (χ2n) is 6.06. The van der Waals surface area contributed by atoms with Gasteiger partial charge >= 0.3 is 5.97 Å². The van der Waals surface area contributed by atoms with Gasteiger partial charge in [0.1, 0.15) is 0 Å². The predicted octanol–water partition coefficient (Wildman–Crippen LogP) is 4.87. The highest BCUT2D eigenvalue weighted by Crippen LogP contribution is 2.31. The SMILES string of the molecule is CC(CCCCI)(C(=O)O)c1cccc(C(=O)c2ccccc2)c1. The lowest BCUT2D eigenvalue weighted by atomic mass is 9.77. The van der Waals surface area contributed by atoms with Crippen LogP contribution >= 0.6 is 22.6 Å². The van der Waals surface area contributed by atoms with Gasteiger partial charge in [-0.3, -0.25) is 9.59 Å². The molecular weight excluding hydrogens is 415 g/mol. The number of rotatable bonds is 8. The van der Waals surface area contributed by atoms with Crippen molar-refractivity contribution in [1.29, 1.82) is 0 Å². The summed E-state index contributed by atoms with van der Waals surface area (Å²) in [7, 11) is 0. The van der Waals surface area contributed by atoms with Crippen LogP contribution in [0.5, 0.6) is 0 Å². The summed E-state index contributed by atoms with van der Waals surface area (Å²) in [6, 6.07) is 16.1. The molecule has 24 heavy (non-hydrogen) atoms. The zero-order valence-electron chi connectivity index (χ0n) is 13.7. The van der Waals surface area contributed by atoms with E-state index in [0.29, 0.717) is 23.1 Å². The van der Waals surface area contributed by atoms with Crippen molar-refractivity contribution >= 4 is 34.3 Å². The van der Waals surface area contributed by atoms with Crippen LogP contribution in [0.4, 0.5) is 0 Å². The molecule has 126 valence electrons. The average molecular weight is 436 g/mol. The lowest BCUT2D eigenvalue weighted by molar-refractivity contribution is -0.143. The van der Waals surface area contributed by atoms with Crippen LogP contribution in [0.3, 0.4) is 0 Å². The number of carboxylic acid groups (broad SMARTS) is 1. The quantitative estimate of drug-likeness (QED) is 0.278. The van der Waals surface area contributed by atoms with Crippen molar-refractivity contribution in [2.24, 2.45) is 0 Å². The summed E-state index contributed by atoms with van der Waals surface area (Å²) >= 11 is 2.30. The molecule has 4 heteroatoms. The largest absolute Gasteiger partial charge is 0.481 e. The second kappa shape index (κ2) is 8.42. The van der Waals surface area contributed by atoms with Gasteiger partial charge < -0.3 is 5.11 Å². The first-order chi connectivity index (χ1) is 11.5. The molecule has 0 aliphatic rings. The first-order valence-electron chi connectivity index (χ1n) is 7.98. The van der Waals surface area contributed by atoms with E-state index in [1.807, 2.05) is 18.2 Å². The summed E-state index contributed by atoms with van der Waals surface area (Å²) in [6.07, 6.45) is 2.41. The third kappa shape index (κ3) is 4.23. The van der Waals surface area contributed by atoms with Crippen LogP contribution in [-0.2, 0) is 10.2 Å². The van der Waals surface area contributed by atoms with E-state index >= 15 is 0 Å². The van der Waals surface area contributed by atoms with E-state index in [1.54, 1.807) is 43.3 Å². The van der Waals surface area contributed by atoms with Gasteiger partial charge in [0, 0.05) is 11.1 Å². The molecule has 0 aliphatic carbocycles. The number of aliphatic carboxylic acids is 1. The molecule has 2 aromatic carbocycles. The number of hydrogen-bond donors (Lipinski definition) is 1. The van der Waals surface area contributed by atoms with Crippen molar-refractivity contribution in [2.75, 3.05) is 4.43 Å². The third-order valence-electron chi connectivity index (χ3n) is 4.33. The molecule has 1 unspecified atom stereocenters. The fourth-order valence-electron chi connectivity index (χ4n) is 2.71. The van der Waals surface area contributed by atoms with E-state index in [1.165, 1.54) is 0 Å². The number of alkyl halides is 1. The fourth-order valence-corrected chi connectivity index (χ4v) is 3.25. The zero-order valence-corrected chi connectivity index (χ0v) is 15.8. The van der Waals surface area contributed by atoms with Gasteiger partial charge in [-0.2, -0.15) is 0 Å². The van der Waals surface area contributed by atoms with Gasteiger partial charge in [-0.1, -0.05) is 77.5 Å². The van der Waals surface area contributed by atoms with Crippen molar-refractivity contribution in [1.82, 2.24) is 0 Å². The highest BCUT2D eigenvalue weighted by molar-refractivity contribution is 14.1. The highest BCUT2D eigenvalue weighted by atomic mass is 127. The molecule has 2 aromatic rings. The van der Waals surface area contributed by atoms with E-state index in [4.69, 9.17) is 0 Å². The van der Waals surface area contributed by atoms with Gasteiger partial charge in [-0.25, -0.2) is 0 Å². The number of unbranched alkanes of at least 4 members (excludes halogenated alkanes) is 1. The third-order valence-corrected chi connectivity index (χ3v) is 5.09. The molecule has 0 amide bonds. The molecule has 3 nitrogen and oxygen atoms in total. The van der Waals surface area contributed by atoms with Crippen molar-refractivity contribution in [3.8, 4) is 0 Å². The summed E-state index contributed by atoms with van der Waals surface area (Å²) in [6.45, 7) is 1.74. The molecule has 1 N–H and O–H groups in total. The minimum absolute atomic E-state index is 0.0857. The molecule has 0 saturated heterocycles. The fraction of sp³-hybridized carbons (Fsp3) is 0.300. The number of benzene rings is 2. The number of hydrogen-bond acceptors (Lipinski definition) is 2. The molecule has 2 rings (SSSR count). The average Bonchev–Trinajstić information content (AvgIpc) is 2.62. The minimum atomic E-state index is -0.973. The number of ketones is 1. The van der Waals surface area contributed by atoms with Crippen molar-refractivity contribution in [3.05, 3.63) is 71.3 Å². The molecule has 0 aromatic heterocycles. The van der Waals surface area contributed by atoms with Gasteiger partial charge in [0.15, 0.2) is 5.78 Å². The molecule has 0 bridgehead atoms. The van der Waals surface area contributed by atoms with E-state index in [-0.39, 0.29) is 5.78 Å². The Morgan fingerprint density at radius 3 is 2.29 bits per heavy atom. The van der Waals surface area contributed by atoms with Crippen molar-refractivity contribution < 1.29 is 14.7 Å². The Balaban J connectivity index is 2.33. The maximum absolute atomic E-state index is 12.6. The number of carbonyl (C=O) groups is 2. The molecule has 0 fully saturated rings. The Labute approximate surface area is 156 Å². The maximum Gasteiger partial charge on any atom is 0.313 e. The molecule has 0 spiro atoms. The molecule has 0 radical (unpaired) electrons. The molecule has 0 aliphatic heterocycles. The van der Waals surface area contributed by atoms with Crippen LogP contribution in [0.15, 0.2) is 54.6 Å². The zero-order chi connectivity index (χ0) is 17.6. The Morgan fingerprint density at radius 1 is 1.00 bits per heavy atom. The van der Waals surface area contributed by atoms with E-state index in [0.717, 1.165) is 17.3 Å². The van der Waals surface area contributed by atoms with Crippen molar-refractivity contribution in [3.63, 3.8) is 0 Å². The van der Waals surface area contributed by atoms with E-state index in [9.17, 15) is 14.7 Å². The maximum atomic E-state index is 12.6. The summed E-state index contributed by atoms with van der Waals surface area (Å²) in [5.74, 6) is -0.933.